The number of aliphatic hydroxyl groups excluding tert-OH is 3. The molecular formula is C21H25NO6. The predicted molar refractivity (Wildman–Crippen MR) is 101 cm³/mol. The monoisotopic (exact) mass is 387 g/mol. The van der Waals surface area contributed by atoms with E-state index in [0.717, 1.165) is 16.3 Å². The lowest BCUT2D eigenvalue weighted by Crippen LogP contribution is -2.64. The molecule has 4 rings (SSSR count). The number of hydrogen-bond acceptors (Lipinski definition) is 7. The van der Waals surface area contributed by atoms with Gasteiger partial charge in [-0.15, -0.1) is 0 Å². The Morgan fingerprint density at radius 3 is 2.64 bits per heavy atom. The number of rotatable bonds is 3. The quantitative estimate of drug-likeness (QED) is 0.556. The van der Waals surface area contributed by atoms with E-state index in [1.807, 2.05) is 42.5 Å². The zero-order valence-corrected chi connectivity index (χ0v) is 15.6. The molecule has 28 heavy (non-hydrogen) atoms. The fourth-order valence-corrected chi connectivity index (χ4v) is 4.80. The lowest BCUT2D eigenvalue weighted by Gasteiger charge is -2.45. The van der Waals surface area contributed by atoms with E-state index in [0.29, 0.717) is 6.54 Å². The third-order valence-electron chi connectivity index (χ3n) is 6.30. The molecule has 1 saturated carbocycles. The third-order valence-corrected chi connectivity index (χ3v) is 6.30. The number of carbonyl (C=O) groups excluding carboxylic acids is 1. The molecule has 7 heteroatoms. The predicted octanol–water partition coefficient (Wildman–Crippen LogP) is 0.173. The van der Waals surface area contributed by atoms with E-state index in [2.05, 4.69) is 0 Å². The lowest BCUT2D eigenvalue weighted by molar-refractivity contribution is -0.197. The van der Waals surface area contributed by atoms with Crippen molar-refractivity contribution in [2.24, 2.45) is 0 Å². The van der Waals surface area contributed by atoms with Gasteiger partial charge in [0.2, 0.25) is 0 Å². The summed E-state index contributed by atoms with van der Waals surface area (Å²) < 4.78 is 4.93. The minimum Gasteiger partial charge on any atom is -0.468 e. The normalized spacial score (nSPS) is 35.7. The molecule has 2 aliphatic rings. The maximum absolute atomic E-state index is 12.5. The molecule has 1 aliphatic carbocycles. The Kier molecular flexibility index (Phi) is 4.89. The number of aliphatic hydroxyl groups is 4. The summed E-state index contributed by atoms with van der Waals surface area (Å²) in [5.74, 6) is -0.515. The summed E-state index contributed by atoms with van der Waals surface area (Å²) in [4.78, 5) is 14.2. The third kappa shape index (κ3) is 2.91. The molecule has 1 heterocycles. The largest absolute Gasteiger partial charge is 0.468 e. The second-order valence-electron chi connectivity index (χ2n) is 7.80. The molecule has 2 fully saturated rings. The molecule has 4 N–H and O–H groups in total. The number of ether oxygens (including phenoxy) is 1. The highest BCUT2D eigenvalue weighted by Gasteiger charge is 2.62. The Bertz CT molecular complexity index is 883. The Morgan fingerprint density at radius 1 is 1.18 bits per heavy atom. The van der Waals surface area contributed by atoms with Crippen molar-refractivity contribution in [2.75, 3.05) is 7.11 Å². The average molecular weight is 387 g/mol. The number of esters is 1. The Balaban J connectivity index is 1.75. The molecular weight excluding hydrogens is 362 g/mol. The van der Waals surface area contributed by atoms with Gasteiger partial charge in [-0.3, -0.25) is 9.69 Å². The zero-order valence-electron chi connectivity index (χ0n) is 15.6. The lowest BCUT2D eigenvalue weighted by atomic mass is 9.75. The number of benzene rings is 2. The van der Waals surface area contributed by atoms with Crippen LogP contribution in [-0.4, -0.2) is 74.4 Å². The molecule has 0 aromatic heterocycles. The van der Waals surface area contributed by atoms with Gasteiger partial charge >= 0.3 is 5.97 Å². The fraction of sp³-hybridized carbons (Fsp3) is 0.476. The summed E-state index contributed by atoms with van der Waals surface area (Å²) in [7, 11) is 1.28. The van der Waals surface area contributed by atoms with Crippen LogP contribution in [-0.2, 0) is 16.1 Å². The van der Waals surface area contributed by atoms with Gasteiger partial charge in [0, 0.05) is 19.0 Å². The average Bonchev–Trinajstić information content (AvgIpc) is 2.99. The highest BCUT2D eigenvalue weighted by molar-refractivity contribution is 5.85. The summed E-state index contributed by atoms with van der Waals surface area (Å²) in [5, 5.41) is 44.0. The van der Waals surface area contributed by atoms with E-state index in [1.54, 1.807) is 4.90 Å². The van der Waals surface area contributed by atoms with E-state index in [4.69, 9.17) is 4.74 Å². The van der Waals surface area contributed by atoms with Gasteiger partial charge in [0.1, 0.15) is 23.9 Å². The van der Waals surface area contributed by atoms with Crippen LogP contribution in [0.15, 0.2) is 42.5 Å². The number of carbonyl (C=O) groups is 1. The van der Waals surface area contributed by atoms with Crippen molar-refractivity contribution < 1.29 is 30.0 Å². The van der Waals surface area contributed by atoms with Crippen LogP contribution in [0.3, 0.4) is 0 Å². The molecule has 150 valence electrons. The van der Waals surface area contributed by atoms with Gasteiger partial charge in [0.25, 0.3) is 0 Å². The van der Waals surface area contributed by atoms with Crippen molar-refractivity contribution in [3.05, 3.63) is 48.0 Å². The highest BCUT2D eigenvalue weighted by Crippen LogP contribution is 2.44. The van der Waals surface area contributed by atoms with Crippen molar-refractivity contribution >= 4 is 16.7 Å². The number of hydrogen-bond donors (Lipinski definition) is 4. The summed E-state index contributed by atoms with van der Waals surface area (Å²) >= 11 is 0. The summed E-state index contributed by atoms with van der Waals surface area (Å²) in [6.07, 6.45) is -4.22. The summed E-state index contributed by atoms with van der Waals surface area (Å²) in [5.41, 5.74) is -0.742. The Labute approximate surface area is 162 Å². The second kappa shape index (κ2) is 7.09. The minimum absolute atomic E-state index is 0.0486. The van der Waals surface area contributed by atoms with E-state index in [1.165, 1.54) is 7.11 Å². The molecule has 7 nitrogen and oxygen atoms in total. The van der Waals surface area contributed by atoms with E-state index in [-0.39, 0.29) is 12.8 Å². The van der Waals surface area contributed by atoms with Gasteiger partial charge in [-0.1, -0.05) is 42.5 Å². The fourth-order valence-electron chi connectivity index (χ4n) is 4.80. The first-order valence-electron chi connectivity index (χ1n) is 9.43. The van der Waals surface area contributed by atoms with Gasteiger partial charge in [-0.2, -0.15) is 0 Å². The van der Waals surface area contributed by atoms with E-state index < -0.39 is 42.0 Å². The summed E-state index contributed by atoms with van der Waals surface area (Å²) in [6, 6.07) is 12.3. The van der Waals surface area contributed by atoms with Gasteiger partial charge < -0.3 is 25.2 Å². The number of likely N-dealkylation sites (tertiary alicyclic amines) is 1. The molecule has 6 atom stereocenters. The van der Waals surface area contributed by atoms with Crippen molar-refractivity contribution in [3.8, 4) is 0 Å². The van der Waals surface area contributed by atoms with E-state index in [9.17, 15) is 25.2 Å². The van der Waals surface area contributed by atoms with Crippen LogP contribution < -0.4 is 0 Å². The van der Waals surface area contributed by atoms with Crippen LogP contribution in [0.1, 0.15) is 18.4 Å². The number of nitrogens with zero attached hydrogens (tertiary/aromatic N) is 1. The van der Waals surface area contributed by atoms with Crippen LogP contribution in [0, 0.1) is 0 Å². The SMILES string of the molecule is COC(=O)[C@@H]1C[C@@]2(O)[C@@H](O)[C@@H](O)[C@@H](O)C[C@H]2N1Cc1cccc2ccccc12. The molecule has 2 aromatic carbocycles. The smallest absolute Gasteiger partial charge is 0.323 e. The molecule has 0 radical (unpaired) electrons. The zero-order chi connectivity index (χ0) is 20.1. The van der Waals surface area contributed by atoms with Gasteiger partial charge in [0.05, 0.1) is 13.2 Å². The van der Waals surface area contributed by atoms with Crippen LogP contribution in [0.4, 0.5) is 0 Å². The van der Waals surface area contributed by atoms with Gasteiger partial charge in [-0.25, -0.2) is 0 Å². The van der Waals surface area contributed by atoms with Crippen LogP contribution in [0.25, 0.3) is 10.8 Å². The van der Waals surface area contributed by atoms with Gasteiger partial charge in [-0.05, 0) is 22.8 Å². The van der Waals surface area contributed by atoms with Crippen LogP contribution in [0.5, 0.6) is 0 Å². The van der Waals surface area contributed by atoms with E-state index >= 15 is 0 Å². The van der Waals surface area contributed by atoms with Crippen LogP contribution >= 0.6 is 0 Å². The maximum Gasteiger partial charge on any atom is 0.323 e. The molecule has 0 unspecified atom stereocenters. The molecule has 0 bridgehead atoms. The first-order valence-corrected chi connectivity index (χ1v) is 9.43. The Morgan fingerprint density at radius 2 is 1.89 bits per heavy atom. The molecule has 0 amide bonds. The maximum atomic E-state index is 12.5. The minimum atomic E-state index is -1.71. The second-order valence-corrected chi connectivity index (χ2v) is 7.80. The Hall–Kier alpha value is -2.03. The first kappa shape index (κ1) is 19.3. The van der Waals surface area contributed by atoms with Crippen molar-refractivity contribution in [3.63, 3.8) is 0 Å². The first-order chi connectivity index (χ1) is 13.4. The number of methoxy groups -OCH3 is 1. The molecule has 1 aliphatic heterocycles. The summed E-state index contributed by atoms with van der Waals surface area (Å²) in [6.45, 7) is 0.337. The van der Waals surface area contributed by atoms with Crippen molar-refractivity contribution in [1.82, 2.24) is 4.90 Å². The standard InChI is InChI=1S/C21H25NO6/c1-28-20(26)15-10-21(27)17(9-16(23)18(24)19(21)25)22(15)11-13-7-4-6-12-5-2-3-8-14(12)13/h2-8,15-19,23-25,27H,9-11H2,1H3/t15-,16-,17+,18-,19-,21-/m0/s1. The topological polar surface area (TPSA) is 110 Å². The molecule has 2 aromatic rings. The van der Waals surface area contributed by atoms with Crippen molar-refractivity contribution in [1.29, 1.82) is 0 Å². The van der Waals surface area contributed by atoms with Gasteiger partial charge in [0.15, 0.2) is 0 Å². The van der Waals surface area contributed by atoms with Crippen LogP contribution in [0.2, 0.25) is 0 Å². The molecule has 1 saturated heterocycles. The highest BCUT2D eigenvalue weighted by atomic mass is 16.5. The van der Waals surface area contributed by atoms with Crippen molar-refractivity contribution in [2.45, 2.75) is 55.4 Å². The number of fused-ring (bicyclic) bond motifs is 2. The molecule has 0 spiro atoms.